The first-order valence-electron chi connectivity index (χ1n) is 4.83. The van der Waals surface area contributed by atoms with Crippen LogP contribution in [0, 0.1) is 0 Å². The van der Waals surface area contributed by atoms with Gasteiger partial charge in [0, 0.05) is 5.39 Å². The molecule has 94 valence electrons. The number of primary amides is 1. The number of amides is 1. The molecular weight excluding hydrogens is 249 g/mol. The number of aromatic amines is 1. The van der Waals surface area contributed by atoms with Crippen molar-refractivity contribution in [2.45, 2.75) is 6.18 Å². The van der Waals surface area contributed by atoms with E-state index in [4.69, 9.17) is 5.73 Å². The summed E-state index contributed by atoms with van der Waals surface area (Å²) in [5.74, 6) is -0.853. The molecule has 1 heterocycles. The Hall–Kier alpha value is -2.31. The van der Waals surface area contributed by atoms with Crippen LogP contribution in [0.3, 0.4) is 0 Å². The maximum absolute atomic E-state index is 12.5. The fraction of sp³-hybridized carbons (Fsp3) is 0.0909. The molecule has 0 saturated heterocycles. The van der Waals surface area contributed by atoms with Crippen LogP contribution in [0.25, 0.3) is 10.8 Å². The third kappa shape index (κ3) is 2.06. The zero-order valence-corrected chi connectivity index (χ0v) is 8.84. The van der Waals surface area contributed by atoms with Crippen molar-refractivity contribution < 1.29 is 18.0 Å². The van der Waals surface area contributed by atoms with Gasteiger partial charge >= 0.3 is 6.18 Å². The summed E-state index contributed by atoms with van der Waals surface area (Å²) in [6, 6.07) is 3.94. The third-order valence-corrected chi connectivity index (χ3v) is 2.44. The van der Waals surface area contributed by atoms with Crippen LogP contribution in [-0.4, -0.2) is 10.9 Å². The zero-order valence-electron chi connectivity index (χ0n) is 8.84. The molecule has 2 aromatic rings. The molecule has 2 rings (SSSR count). The number of fused-ring (bicyclic) bond motifs is 1. The molecule has 4 nitrogen and oxygen atoms in total. The molecule has 0 spiro atoms. The fourth-order valence-corrected chi connectivity index (χ4v) is 1.57. The Morgan fingerprint density at radius 1 is 1.22 bits per heavy atom. The highest BCUT2D eigenvalue weighted by atomic mass is 19.4. The fourth-order valence-electron chi connectivity index (χ4n) is 1.57. The van der Waals surface area contributed by atoms with Gasteiger partial charge in [0.05, 0.1) is 5.56 Å². The molecule has 0 aliphatic rings. The first-order chi connectivity index (χ1) is 8.29. The molecule has 3 N–H and O–H groups in total. The van der Waals surface area contributed by atoms with Crippen LogP contribution in [0.15, 0.2) is 29.1 Å². The van der Waals surface area contributed by atoms with Gasteiger partial charge in [-0.15, -0.1) is 0 Å². The van der Waals surface area contributed by atoms with Crippen molar-refractivity contribution >= 4 is 16.7 Å². The Kier molecular flexibility index (Phi) is 2.61. The highest BCUT2D eigenvalue weighted by Crippen LogP contribution is 2.30. The smallest absolute Gasteiger partial charge is 0.364 e. The van der Waals surface area contributed by atoms with Crippen molar-refractivity contribution in [3.05, 3.63) is 45.9 Å². The summed E-state index contributed by atoms with van der Waals surface area (Å²) in [7, 11) is 0. The van der Waals surface area contributed by atoms with Crippen LogP contribution in [-0.2, 0) is 6.18 Å². The Balaban J connectivity index is 2.74. The monoisotopic (exact) mass is 256 g/mol. The van der Waals surface area contributed by atoms with Crippen LogP contribution in [0.4, 0.5) is 13.2 Å². The minimum Gasteiger partial charge on any atom is -0.364 e. The van der Waals surface area contributed by atoms with E-state index in [9.17, 15) is 22.8 Å². The quantitative estimate of drug-likeness (QED) is 0.813. The third-order valence-electron chi connectivity index (χ3n) is 2.44. The molecule has 0 unspecified atom stereocenters. The molecule has 0 radical (unpaired) electrons. The van der Waals surface area contributed by atoms with E-state index in [1.54, 1.807) is 0 Å². The van der Waals surface area contributed by atoms with Crippen LogP contribution in [0.2, 0.25) is 0 Å². The van der Waals surface area contributed by atoms with E-state index in [-0.39, 0.29) is 16.5 Å². The number of carbonyl (C=O) groups is 1. The lowest BCUT2D eigenvalue weighted by molar-refractivity contribution is -0.137. The maximum Gasteiger partial charge on any atom is 0.416 e. The van der Waals surface area contributed by atoms with Crippen LogP contribution >= 0.6 is 0 Å². The van der Waals surface area contributed by atoms with E-state index in [2.05, 4.69) is 4.98 Å². The summed E-state index contributed by atoms with van der Waals surface area (Å²) in [6.45, 7) is 0. The van der Waals surface area contributed by atoms with Crippen molar-refractivity contribution in [2.75, 3.05) is 0 Å². The normalized spacial score (nSPS) is 11.7. The molecule has 0 aliphatic heterocycles. The van der Waals surface area contributed by atoms with E-state index < -0.39 is 23.2 Å². The van der Waals surface area contributed by atoms with Gasteiger partial charge in [-0.1, -0.05) is 6.07 Å². The highest BCUT2D eigenvalue weighted by molar-refractivity contribution is 5.95. The lowest BCUT2D eigenvalue weighted by Gasteiger charge is -2.07. The largest absolute Gasteiger partial charge is 0.416 e. The average molecular weight is 256 g/mol. The van der Waals surface area contributed by atoms with Gasteiger partial charge in [-0.25, -0.2) is 0 Å². The lowest BCUT2D eigenvalue weighted by Crippen LogP contribution is -2.19. The molecule has 0 bridgehead atoms. The zero-order chi connectivity index (χ0) is 13.5. The van der Waals surface area contributed by atoms with Gasteiger partial charge in [-0.3, -0.25) is 9.59 Å². The number of H-pyrrole nitrogens is 1. The maximum atomic E-state index is 12.5. The number of hydrogen-bond acceptors (Lipinski definition) is 2. The van der Waals surface area contributed by atoms with Crippen LogP contribution in [0.5, 0.6) is 0 Å². The first-order valence-corrected chi connectivity index (χ1v) is 4.83. The summed E-state index contributed by atoms with van der Waals surface area (Å²) >= 11 is 0. The molecule has 1 aromatic carbocycles. The number of alkyl halides is 3. The Morgan fingerprint density at radius 3 is 2.44 bits per heavy atom. The van der Waals surface area contributed by atoms with E-state index in [1.165, 1.54) is 6.07 Å². The van der Waals surface area contributed by atoms with Gasteiger partial charge in [0.25, 0.3) is 11.5 Å². The number of aromatic nitrogens is 1. The molecule has 18 heavy (non-hydrogen) atoms. The van der Waals surface area contributed by atoms with Crippen LogP contribution < -0.4 is 11.3 Å². The van der Waals surface area contributed by atoms with Crippen molar-refractivity contribution in [1.82, 2.24) is 4.98 Å². The predicted octanol–water partition coefficient (Wildman–Crippen LogP) is 1.65. The molecule has 1 aromatic heterocycles. The average Bonchev–Trinajstić information content (AvgIpc) is 2.27. The number of halogens is 3. The Bertz CT molecular complexity index is 689. The molecule has 7 heteroatoms. The predicted molar refractivity (Wildman–Crippen MR) is 58.1 cm³/mol. The molecule has 0 atom stereocenters. The summed E-state index contributed by atoms with van der Waals surface area (Å²) in [5, 5.41) is 0.0791. The van der Waals surface area contributed by atoms with Gasteiger partial charge in [-0.2, -0.15) is 13.2 Å². The van der Waals surface area contributed by atoms with E-state index in [0.717, 1.165) is 18.2 Å². The van der Waals surface area contributed by atoms with E-state index in [0.29, 0.717) is 0 Å². The van der Waals surface area contributed by atoms with Crippen LogP contribution in [0.1, 0.15) is 16.1 Å². The minimum absolute atomic E-state index is 0.144. The molecule has 1 amide bonds. The number of pyridine rings is 1. The van der Waals surface area contributed by atoms with Crippen molar-refractivity contribution in [3.8, 4) is 0 Å². The summed E-state index contributed by atoms with van der Waals surface area (Å²) in [5.41, 5.74) is 3.13. The minimum atomic E-state index is -4.52. The molecule has 0 aliphatic carbocycles. The number of nitrogens with two attached hydrogens (primary N) is 1. The molecule has 0 saturated carbocycles. The van der Waals surface area contributed by atoms with Gasteiger partial charge in [0.2, 0.25) is 0 Å². The first kappa shape index (κ1) is 12.2. The number of rotatable bonds is 1. The van der Waals surface area contributed by atoms with Crippen molar-refractivity contribution in [1.29, 1.82) is 0 Å². The standard InChI is InChI=1S/C11H7F3N2O2/c12-11(13,14)6-2-1-5-3-8(9(15)17)16-10(18)7(5)4-6/h1-4H,(H2,15,17)(H,16,18). The van der Waals surface area contributed by atoms with E-state index >= 15 is 0 Å². The lowest BCUT2D eigenvalue weighted by atomic mass is 10.1. The molecular formula is C11H7F3N2O2. The Morgan fingerprint density at radius 2 is 1.89 bits per heavy atom. The Labute approximate surface area is 98.2 Å². The molecule has 0 fully saturated rings. The topological polar surface area (TPSA) is 76.0 Å². The van der Waals surface area contributed by atoms with E-state index in [1.807, 2.05) is 0 Å². The summed E-state index contributed by atoms with van der Waals surface area (Å²) < 4.78 is 37.4. The van der Waals surface area contributed by atoms with Gasteiger partial charge < -0.3 is 10.7 Å². The number of benzene rings is 1. The second kappa shape index (κ2) is 3.86. The SMILES string of the molecule is NC(=O)c1cc2ccc(C(F)(F)F)cc2c(=O)[nH]1. The number of carbonyl (C=O) groups excluding carboxylic acids is 1. The number of hydrogen-bond donors (Lipinski definition) is 2. The number of nitrogens with one attached hydrogen (secondary N) is 1. The van der Waals surface area contributed by atoms with Gasteiger partial charge in [0.15, 0.2) is 0 Å². The van der Waals surface area contributed by atoms with Gasteiger partial charge in [0.1, 0.15) is 5.69 Å². The second-order valence-electron chi connectivity index (χ2n) is 3.68. The second-order valence-corrected chi connectivity index (χ2v) is 3.68. The highest BCUT2D eigenvalue weighted by Gasteiger charge is 2.30. The van der Waals surface area contributed by atoms with Crippen molar-refractivity contribution in [2.24, 2.45) is 5.73 Å². The summed E-state index contributed by atoms with van der Waals surface area (Å²) in [4.78, 5) is 24.6. The summed E-state index contributed by atoms with van der Waals surface area (Å²) in [6.07, 6.45) is -4.52. The van der Waals surface area contributed by atoms with Crippen molar-refractivity contribution in [3.63, 3.8) is 0 Å². The van der Waals surface area contributed by atoms with Gasteiger partial charge in [-0.05, 0) is 23.6 Å².